The quantitative estimate of drug-likeness (QED) is 0.695. The molecule has 1 aliphatic heterocycles. The van der Waals surface area contributed by atoms with Gasteiger partial charge in [0.1, 0.15) is 11.8 Å². The van der Waals surface area contributed by atoms with Crippen molar-refractivity contribution in [3.63, 3.8) is 0 Å². The first-order valence-corrected chi connectivity index (χ1v) is 8.72. The van der Waals surface area contributed by atoms with Crippen LogP contribution in [-0.2, 0) is 20.9 Å². The van der Waals surface area contributed by atoms with Crippen LogP contribution in [0.1, 0.15) is 18.2 Å². The van der Waals surface area contributed by atoms with Crippen LogP contribution in [0.25, 0.3) is 16.4 Å². The lowest BCUT2D eigenvalue weighted by Crippen LogP contribution is -2.52. The van der Waals surface area contributed by atoms with E-state index in [9.17, 15) is 9.59 Å². The zero-order valence-corrected chi connectivity index (χ0v) is 15.0. The summed E-state index contributed by atoms with van der Waals surface area (Å²) in [5.41, 5.74) is 2.02. The van der Waals surface area contributed by atoms with Gasteiger partial charge >= 0.3 is 5.69 Å². The molecule has 0 N–H and O–H groups in total. The van der Waals surface area contributed by atoms with Crippen molar-refractivity contribution in [1.82, 2.24) is 8.97 Å². The van der Waals surface area contributed by atoms with E-state index in [1.54, 1.807) is 22.2 Å². The van der Waals surface area contributed by atoms with Gasteiger partial charge in [-0.2, -0.15) is 0 Å². The number of carbonyl (C=O) groups is 1. The number of methoxy groups -OCH3 is 2. The van der Waals surface area contributed by atoms with Gasteiger partial charge in [0, 0.05) is 18.9 Å². The van der Waals surface area contributed by atoms with Gasteiger partial charge in [-0.1, -0.05) is 6.07 Å². The summed E-state index contributed by atoms with van der Waals surface area (Å²) in [6.45, 7) is 0.216. The molecule has 2 atom stereocenters. The van der Waals surface area contributed by atoms with Gasteiger partial charge in [-0.15, -0.1) is 0 Å². The Balaban J connectivity index is 1.85. The fraction of sp³-hybridized carbons (Fsp3) is 0.300. The predicted octanol–water partition coefficient (Wildman–Crippen LogP) is 2.21. The van der Waals surface area contributed by atoms with Gasteiger partial charge in [-0.05, 0) is 36.4 Å². The van der Waals surface area contributed by atoms with Gasteiger partial charge < -0.3 is 14.2 Å². The van der Waals surface area contributed by atoms with Crippen molar-refractivity contribution in [3.05, 3.63) is 58.7 Å². The lowest BCUT2D eigenvalue weighted by atomic mass is 9.92. The summed E-state index contributed by atoms with van der Waals surface area (Å²) in [6, 6.07) is 8.90. The van der Waals surface area contributed by atoms with E-state index in [4.69, 9.17) is 14.2 Å². The molecule has 0 fully saturated rings. The number of aromatic nitrogens is 2. The van der Waals surface area contributed by atoms with Crippen molar-refractivity contribution in [2.75, 3.05) is 14.2 Å². The molecule has 0 unspecified atom stereocenters. The molecule has 7 heteroatoms. The zero-order valence-electron chi connectivity index (χ0n) is 15.0. The molecule has 0 radical (unpaired) electrons. The fourth-order valence-electron chi connectivity index (χ4n) is 4.22. The molecule has 2 aliphatic rings. The lowest BCUT2D eigenvalue weighted by molar-refractivity contribution is -0.239. The van der Waals surface area contributed by atoms with Crippen LogP contribution < -0.4 is 10.4 Å². The molecule has 1 aliphatic carbocycles. The molecule has 27 heavy (non-hydrogen) atoms. The molecule has 7 nitrogen and oxygen atoms in total. The topological polar surface area (TPSA) is 71.2 Å². The third-order valence-corrected chi connectivity index (χ3v) is 5.51. The second-order valence-corrected chi connectivity index (χ2v) is 6.82. The largest absolute Gasteiger partial charge is 0.496 e. The highest BCUT2D eigenvalue weighted by Crippen LogP contribution is 2.40. The first kappa shape index (κ1) is 16.3. The van der Waals surface area contributed by atoms with Crippen molar-refractivity contribution in [2.45, 2.75) is 24.9 Å². The van der Waals surface area contributed by atoms with Crippen LogP contribution in [0.3, 0.4) is 0 Å². The Bertz CT molecular complexity index is 1190. The number of hydrogen-bond acceptors (Lipinski definition) is 5. The highest BCUT2D eigenvalue weighted by Gasteiger charge is 2.47. The molecule has 0 bridgehead atoms. The molecule has 3 heterocycles. The van der Waals surface area contributed by atoms with Gasteiger partial charge in [-0.25, -0.2) is 4.79 Å². The number of benzene rings is 1. The molecule has 3 aromatic rings. The lowest BCUT2D eigenvalue weighted by Gasteiger charge is -2.43. The number of hydrogen-bond donors (Lipinski definition) is 0. The van der Waals surface area contributed by atoms with E-state index in [2.05, 4.69) is 0 Å². The van der Waals surface area contributed by atoms with Crippen LogP contribution in [0.4, 0.5) is 0 Å². The molecular weight excluding hydrogens is 348 g/mol. The predicted molar refractivity (Wildman–Crippen MR) is 98.0 cm³/mol. The smallest absolute Gasteiger partial charge is 0.333 e. The minimum atomic E-state index is -1.11. The first-order chi connectivity index (χ1) is 13.1. The summed E-state index contributed by atoms with van der Waals surface area (Å²) < 4.78 is 20.3. The second kappa shape index (κ2) is 5.55. The number of ketones is 1. The van der Waals surface area contributed by atoms with Crippen LogP contribution in [0.5, 0.6) is 5.75 Å². The number of rotatable bonds is 2. The third kappa shape index (κ3) is 2.09. The van der Waals surface area contributed by atoms with Crippen molar-refractivity contribution < 1.29 is 19.0 Å². The molecule has 1 aromatic carbocycles. The maximum atomic E-state index is 13.5. The fourth-order valence-corrected chi connectivity index (χ4v) is 4.22. The summed E-state index contributed by atoms with van der Waals surface area (Å²) >= 11 is 0. The highest BCUT2D eigenvalue weighted by atomic mass is 16.7. The summed E-state index contributed by atoms with van der Waals surface area (Å²) in [5, 5.41) is 0.860. The van der Waals surface area contributed by atoms with Gasteiger partial charge in [-0.3, -0.25) is 13.8 Å². The Morgan fingerprint density at radius 3 is 2.85 bits per heavy atom. The molecular formula is C20H18N2O5. The summed E-state index contributed by atoms with van der Waals surface area (Å²) in [6.07, 6.45) is 3.22. The standard InChI is InChI=1S/C20H18N2O5/c1-25-17-5-3-4-16-15(17)9-12-8-13-11-27-20(26-2)7-6-14(23)10-18(20)22(13)19(24)21(12)16/h3-9,18H,10-11H2,1-2H3/t18-,20+/m1/s1. The SMILES string of the molecule is COc1cccc2c1cc1cc3n(c(=O)n12)[C@@H]1CC(=O)C=C[C@]1(OC)OC3. The number of ether oxygens (including phenoxy) is 3. The first-order valence-electron chi connectivity index (χ1n) is 8.72. The number of carbonyl (C=O) groups excluding carboxylic acids is 1. The Kier molecular flexibility index (Phi) is 3.35. The second-order valence-electron chi connectivity index (χ2n) is 6.82. The number of fused-ring (bicyclic) bond motifs is 6. The van der Waals surface area contributed by atoms with Gasteiger partial charge in [0.15, 0.2) is 5.78 Å². The molecule has 2 aromatic heterocycles. The van der Waals surface area contributed by atoms with Crippen LogP contribution in [0.15, 0.2) is 47.3 Å². The Morgan fingerprint density at radius 2 is 2.07 bits per heavy atom. The van der Waals surface area contributed by atoms with Crippen molar-refractivity contribution in [3.8, 4) is 5.75 Å². The number of nitrogens with zero attached hydrogens (tertiary/aromatic N) is 2. The molecule has 138 valence electrons. The minimum absolute atomic E-state index is 0.0600. The van der Waals surface area contributed by atoms with E-state index < -0.39 is 11.8 Å². The van der Waals surface area contributed by atoms with E-state index in [1.165, 1.54) is 13.2 Å². The third-order valence-electron chi connectivity index (χ3n) is 5.51. The monoisotopic (exact) mass is 366 g/mol. The Hall–Kier alpha value is -2.90. The normalized spacial score (nSPS) is 24.2. The number of allylic oxidation sites excluding steroid dienone is 1. The summed E-state index contributed by atoms with van der Waals surface area (Å²) in [5.74, 6) is -0.467. The molecule has 0 saturated heterocycles. The maximum absolute atomic E-state index is 13.5. The molecule has 5 rings (SSSR count). The molecule has 0 saturated carbocycles. The molecule has 0 spiro atoms. The molecule has 0 amide bonds. The van der Waals surface area contributed by atoms with E-state index in [0.717, 1.165) is 22.1 Å². The Labute approximate surface area is 154 Å². The van der Waals surface area contributed by atoms with Crippen molar-refractivity contribution in [2.24, 2.45) is 0 Å². The average molecular weight is 366 g/mol. The van der Waals surface area contributed by atoms with E-state index in [0.29, 0.717) is 5.75 Å². The Morgan fingerprint density at radius 1 is 1.22 bits per heavy atom. The van der Waals surface area contributed by atoms with Gasteiger partial charge in [0.25, 0.3) is 0 Å². The van der Waals surface area contributed by atoms with Crippen LogP contribution in [0.2, 0.25) is 0 Å². The highest BCUT2D eigenvalue weighted by molar-refractivity contribution is 5.92. The average Bonchev–Trinajstić information content (AvgIpc) is 3.06. The van der Waals surface area contributed by atoms with Crippen LogP contribution in [-0.4, -0.2) is 34.8 Å². The van der Waals surface area contributed by atoms with Gasteiger partial charge in [0.05, 0.1) is 30.4 Å². The van der Waals surface area contributed by atoms with Gasteiger partial charge in [0.2, 0.25) is 5.79 Å². The van der Waals surface area contributed by atoms with Crippen LogP contribution >= 0.6 is 0 Å². The van der Waals surface area contributed by atoms with Crippen molar-refractivity contribution >= 4 is 22.2 Å². The maximum Gasteiger partial charge on any atom is 0.333 e. The van der Waals surface area contributed by atoms with E-state index in [-0.39, 0.29) is 24.5 Å². The van der Waals surface area contributed by atoms with Crippen LogP contribution in [0, 0.1) is 0 Å². The summed E-state index contributed by atoms with van der Waals surface area (Å²) in [7, 11) is 3.13. The van der Waals surface area contributed by atoms with Crippen molar-refractivity contribution in [1.29, 1.82) is 0 Å². The van der Waals surface area contributed by atoms with E-state index in [1.807, 2.05) is 30.3 Å². The summed E-state index contributed by atoms with van der Waals surface area (Å²) in [4.78, 5) is 25.6. The zero-order chi connectivity index (χ0) is 18.8. The minimum Gasteiger partial charge on any atom is -0.496 e. The van der Waals surface area contributed by atoms with E-state index >= 15 is 0 Å².